The normalized spacial score (nSPS) is 11.0. The van der Waals surface area contributed by atoms with Gasteiger partial charge in [-0.1, -0.05) is 6.92 Å². The smallest absolute Gasteiger partial charge is 0.0534 e. The highest BCUT2D eigenvalue weighted by molar-refractivity contribution is 5.06. The van der Waals surface area contributed by atoms with E-state index in [1.807, 2.05) is 10.9 Å². The molecule has 2 rings (SSSR count). The Morgan fingerprint density at radius 2 is 2.22 bits per heavy atom. The SMILES string of the molecule is CCCn1cccc1CNCCn1cc(C)cn1. The minimum Gasteiger partial charge on any atom is -0.350 e. The lowest BCUT2D eigenvalue weighted by molar-refractivity contribution is 0.538. The van der Waals surface area contributed by atoms with E-state index in [9.17, 15) is 0 Å². The predicted molar refractivity (Wildman–Crippen MR) is 73.4 cm³/mol. The summed E-state index contributed by atoms with van der Waals surface area (Å²) >= 11 is 0. The molecule has 0 bridgehead atoms. The van der Waals surface area contributed by atoms with Crippen LogP contribution in [0.15, 0.2) is 30.7 Å². The van der Waals surface area contributed by atoms with Gasteiger partial charge in [0.1, 0.15) is 0 Å². The number of hydrogen-bond donors (Lipinski definition) is 1. The van der Waals surface area contributed by atoms with Crippen molar-refractivity contribution < 1.29 is 0 Å². The molecule has 0 saturated heterocycles. The molecule has 2 aromatic heterocycles. The van der Waals surface area contributed by atoms with Crippen LogP contribution in [0.4, 0.5) is 0 Å². The first kappa shape index (κ1) is 12.9. The molecular weight excluding hydrogens is 224 g/mol. The van der Waals surface area contributed by atoms with Crippen LogP contribution in [-0.4, -0.2) is 20.9 Å². The fourth-order valence-corrected chi connectivity index (χ4v) is 2.07. The third-order valence-electron chi connectivity index (χ3n) is 2.97. The van der Waals surface area contributed by atoms with Crippen molar-refractivity contribution in [1.82, 2.24) is 19.7 Å². The van der Waals surface area contributed by atoms with Crippen LogP contribution in [0.3, 0.4) is 0 Å². The van der Waals surface area contributed by atoms with E-state index in [0.29, 0.717) is 0 Å². The largest absolute Gasteiger partial charge is 0.350 e. The zero-order valence-electron chi connectivity index (χ0n) is 11.3. The van der Waals surface area contributed by atoms with E-state index in [2.05, 4.69) is 53.4 Å². The molecule has 4 heteroatoms. The number of hydrogen-bond acceptors (Lipinski definition) is 2. The van der Waals surface area contributed by atoms with Crippen LogP contribution >= 0.6 is 0 Å². The van der Waals surface area contributed by atoms with Crippen molar-refractivity contribution >= 4 is 0 Å². The Morgan fingerprint density at radius 1 is 1.33 bits per heavy atom. The lowest BCUT2D eigenvalue weighted by atomic mass is 10.4. The van der Waals surface area contributed by atoms with Crippen molar-refractivity contribution in [2.75, 3.05) is 6.54 Å². The van der Waals surface area contributed by atoms with Crippen molar-refractivity contribution in [2.45, 2.75) is 39.9 Å². The Kier molecular flexibility index (Phi) is 4.59. The zero-order chi connectivity index (χ0) is 12.8. The summed E-state index contributed by atoms with van der Waals surface area (Å²) in [6.45, 7) is 8.15. The van der Waals surface area contributed by atoms with Gasteiger partial charge in [0.15, 0.2) is 0 Å². The Bertz CT molecular complexity index is 470. The molecule has 18 heavy (non-hydrogen) atoms. The Hall–Kier alpha value is -1.55. The van der Waals surface area contributed by atoms with Gasteiger partial charge in [0.05, 0.1) is 12.7 Å². The van der Waals surface area contributed by atoms with Crippen LogP contribution in [0.5, 0.6) is 0 Å². The quantitative estimate of drug-likeness (QED) is 0.760. The van der Waals surface area contributed by atoms with E-state index >= 15 is 0 Å². The first-order valence-corrected chi connectivity index (χ1v) is 6.63. The number of aryl methyl sites for hydroxylation is 2. The van der Waals surface area contributed by atoms with Gasteiger partial charge in [-0.25, -0.2) is 0 Å². The summed E-state index contributed by atoms with van der Waals surface area (Å²) in [4.78, 5) is 0. The second-order valence-electron chi connectivity index (χ2n) is 4.65. The molecule has 2 heterocycles. The third-order valence-corrected chi connectivity index (χ3v) is 2.97. The summed E-state index contributed by atoms with van der Waals surface area (Å²) in [5, 5.41) is 7.73. The highest BCUT2D eigenvalue weighted by Crippen LogP contribution is 2.03. The van der Waals surface area contributed by atoms with Crippen LogP contribution in [0, 0.1) is 6.92 Å². The molecule has 98 valence electrons. The highest BCUT2D eigenvalue weighted by Gasteiger charge is 1.99. The maximum absolute atomic E-state index is 4.27. The summed E-state index contributed by atoms with van der Waals surface area (Å²) < 4.78 is 4.29. The standard InChI is InChI=1S/C14H22N4/c1-3-7-17-8-4-5-14(17)11-15-6-9-18-12-13(2)10-16-18/h4-5,8,10,12,15H,3,6-7,9,11H2,1-2H3. The summed E-state index contributed by atoms with van der Waals surface area (Å²) in [6, 6.07) is 4.30. The zero-order valence-corrected chi connectivity index (χ0v) is 11.3. The van der Waals surface area contributed by atoms with E-state index in [0.717, 1.165) is 26.2 Å². The molecule has 1 N–H and O–H groups in total. The highest BCUT2D eigenvalue weighted by atomic mass is 15.3. The minimum absolute atomic E-state index is 0.919. The average Bonchev–Trinajstić information content (AvgIpc) is 2.95. The third kappa shape index (κ3) is 3.47. The van der Waals surface area contributed by atoms with Gasteiger partial charge >= 0.3 is 0 Å². The molecule has 0 aliphatic carbocycles. The van der Waals surface area contributed by atoms with Gasteiger partial charge in [0, 0.05) is 37.7 Å². The van der Waals surface area contributed by atoms with Crippen molar-refractivity contribution in [2.24, 2.45) is 0 Å². The van der Waals surface area contributed by atoms with Crippen molar-refractivity contribution in [1.29, 1.82) is 0 Å². The van der Waals surface area contributed by atoms with Crippen LogP contribution in [0.25, 0.3) is 0 Å². The van der Waals surface area contributed by atoms with Gasteiger partial charge < -0.3 is 9.88 Å². The first-order chi connectivity index (χ1) is 8.79. The van der Waals surface area contributed by atoms with E-state index in [1.54, 1.807) is 0 Å². The number of rotatable bonds is 7. The first-order valence-electron chi connectivity index (χ1n) is 6.63. The van der Waals surface area contributed by atoms with Gasteiger partial charge in [-0.15, -0.1) is 0 Å². The minimum atomic E-state index is 0.919. The molecule has 0 unspecified atom stereocenters. The molecule has 4 nitrogen and oxygen atoms in total. The number of nitrogens with zero attached hydrogens (tertiary/aromatic N) is 3. The van der Waals surface area contributed by atoms with Crippen molar-refractivity contribution in [3.63, 3.8) is 0 Å². The van der Waals surface area contributed by atoms with E-state index < -0.39 is 0 Å². The molecule has 2 aromatic rings. The summed E-state index contributed by atoms with van der Waals surface area (Å²) in [7, 11) is 0. The van der Waals surface area contributed by atoms with E-state index in [-0.39, 0.29) is 0 Å². The van der Waals surface area contributed by atoms with Crippen LogP contribution < -0.4 is 5.32 Å². The van der Waals surface area contributed by atoms with Gasteiger partial charge in [0.2, 0.25) is 0 Å². The van der Waals surface area contributed by atoms with Gasteiger partial charge in [0.25, 0.3) is 0 Å². The monoisotopic (exact) mass is 246 g/mol. The predicted octanol–water partition coefficient (Wildman–Crippen LogP) is 2.19. The number of aromatic nitrogens is 3. The summed E-state index contributed by atoms with van der Waals surface area (Å²) in [6.07, 6.45) is 7.29. The molecule has 0 spiro atoms. The summed E-state index contributed by atoms with van der Waals surface area (Å²) in [5.74, 6) is 0. The lowest BCUT2D eigenvalue weighted by Crippen LogP contribution is -2.21. The maximum atomic E-state index is 4.27. The van der Waals surface area contributed by atoms with E-state index in [4.69, 9.17) is 0 Å². The van der Waals surface area contributed by atoms with Crippen LogP contribution in [0.1, 0.15) is 24.6 Å². The molecule has 0 aromatic carbocycles. The molecule has 0 atom stereocenters. The Labute approximate surface area is 109 Å². The molecule has 0 fully saturated rings. The molecule has 0 radical (unpaired) electrons. The Morgan fingerprint density at radius 3 is 2.94 bits per heavy atom. The van der Waals surface area contributed by atoms with Crippen molar-refractivity contribution in [3.8, 4) is 0 Å². The fourth-order valence-electron chi connectivity index (χ4n) is 2.07. The van der Waals surface area contributed by atoms with Gasteiger partial charge in [-0.3, -0.25) is 4.68 Å². The molecule has 0 saturated carbocycles. The molecule has 0 amide bonds. The number of nitrogens with one attached hydrogen (secondary N) is 1. The fraction of sp³-hybridized carbons (Fsp3) is 0.500. The second kappa shape index (κ2) is 6.40. The lowest BCUT2D eigenvalue weighted by Gasteiger charge is -2.09. The van der Waals surface area contributed by atoms with Crippen LogP contribution in [0.2, 0.25) is 0 Å². The average molecular weight is 246 g/mol. The van der Waals surface area contributed by atoms with Gasteiger partial charge in [-0.05, 0) is 31.0 Å². The molecule has 0 aliphatic rings. The molecule has 0 aliphatic heterocycles. The summed E-state index contributed by atoms with van der Waals surface area (Å²) in [5.41, 5.74) is 2.57. The second-order valence-corrected chi connectivity index (χ2v) is 4.65. The maximum Gasteiger partial charge on any atom is 0.0534 e. The van der Waals surface area contributed by atoms with E-state index in [1.165, 1.54) is 17.7 Å². The van der Waals surface area contributed by atoms with Gasteiger partial charge in [-0.2, -0.15) is 5.10 Å². The van der Waals surface area contributed by atoms with Crippen molar-refractivity contribution in [3.05, 3.63) is 42.0 Å². The topological polar surface area (TPSA) is 34.8 Å². The van der Waals surface area contributed by atoms with Crippen LogP contribution in [-0.2, 0) is 19.6 Å². The Balaban J connectivity index is 1.73. The molecular formula is C14H22N4.